The Kier molecular flexibility index (Phi) is 6.26. The third kappa shape index (κ3) is 4.29. The standard InChI is InChI=1S/C16H12ClNO4S2/c1-3-6-22-12-5-4-11(17)7-10(12)8-13-15(20)18(16(23)24-13)9-14(19)21-2/h1,4-5,7-8H,6,9H2,2H3/b13-8-. The number of esters is 1. The van der Waals surface area contributed by atoms with Crippen LogP contribution in [0.25, 0.3) is 6.08 Å². The first-order valence-corrected chi connectivity index (χ1v) is 8.24. The van der Waals surface area contributed by atoms with E-state index in [9.17, 15) is 9.59 Å². The van der Waals surface area contributed by atoms with Gasteiger partial charge in [-0.15, -0.1) is 6.42 Å². The molecule has 0 aliphatic carbocycles. The summed E-state index contributed by atoms with van der Waals surface area (Å²) >= 11 is 12.2. The van der Waals surface area contributed by atoms with E-state index < -0.39 is 5.97 Å². The van der Waals surface area contributed by atoms with Gasteiger partial charge in [-0.05, 0) is 24.3 Å². The highest BCUT2D eigenvalue weighted by atomic mass is 35.5. The average molecular weight is 382 g/mol. The summed E-state index contributed by atoms with van der Waals surface area (Å²) < 4.78 is 10.3. The summed E-state index contributed by atoms with van der Waals surface area (Å²) in [5, 5.41) is 0.486. The molecule has 0 bridgehead atoms. The Bertz CT molecular complexity index is 770. The minimum absolute atomic E-state index is 0.0891. The number of terminal acetylenes is 1. The van der Waals surface area contributed by atoms with Crippen molar-refractivity contribution >= 4 is 57.9 Å². The number of thiocarbonyl (C=S) groups is 1. The number of carbonyl (C=O) groups excluding carboxylic acids is 2. The number of amides is 1. The number of benzene rings is 1. The van der Waals surface area contributed by atoms with Gasteiger partial charge >= 0.3 is 5.97 Å². The average Bonchev–Trinajstić information content (AvgIpc) is 2.81. The summed E-state index contributed by atoms with van der Waals surface area (Å²) in [6.07, 6.45) is 6.80. The van der Waals surface area contributed by atoms with E-state index in [1.54, 1.807) is 24.3 Å². The van der Waals surface area contributed by atoms with Crippen LogP contribution in [0.15, 0.2) is 23.1 Å². The van der Waals surface area contributed by atoms with E-state index >= 15 is 0 Å². The second-order valence-electron chi connectivity index (χ2n) is 4.52. The molecule has 1 aromatic rings. The molecule has 0 radical (unpaired) electrons. The number of hydrogen-bond donors (Lipinski definition) is 0. The van der Waals surface area contributed by atoms with E-state index in [0.717, 1.165) is 11.8 Å². The van der Waals surface area contributed by atoms with E-state index in [0.29, 0.717) is 21.2 Å². The van der Waals surface area contributed by atoms with Crippen LogP contribution in [-0.4, -0.2) is 41.4 Å². The predicted molar refractivity (Wildman–Crippen MR) is 97.7 cm³/mol. The van der Waals surface area contributed by atoms with Crippen molar-refractivity contribution in [2.24, 2.45) is 0 Å². The van der Waals surface area contributed by atoms with Gasteiger partial charge in [-0.3, -0.25) is 14.5 Å². The number of carbonyl (C=O) groups is 2. The number of thioether (sulfide) groups is 1. The van der Waals surface area contributed by atoms with Gasteiger partial charge in [0.1, 0.15) is 23.2 Å². The SMILES string of the molecule is C#CCOc1ccc(Cl)cc1/C=C1\SC(=S)N(CC(=O)OC)C1=O. The van der Waals surface area contributed by atoms with E-state index in [4.69, 9.17) is 35.0 Å². The molecule has 0 aromatic heterocycles. The van der Waals surface area contributed by atoms with Crippen LogP contribution in [0.3, 0.4) is 0 Å². The monoisotopic (exact) mass is 381 g/mol. The highest BCUT2D eigenvalue weighted by Gasteiger charge is 2.33. The molecule has 1 saturated heterocycles. The summed E-state index contributed by atoms with van der Waals surface area (Å²) in [6.45, 7) is -0.139. The van der Waals surface area contributed by atoms with Crippen molar-refractivity contribution in [2.75, 3.05) is 20.3 Å². The Morgan fingerprint density at radius 2 is 2.29 bits per heavy atom. The maximum absolute atomic E-state index is 12.4. The van der Waals surface area contributed by atoms with Crippen LogP contribution in [0.4, 0.5) is 0 Å². The summed E-state index contributed by atoms with van der Waals surface area (Å²) in [5.74, 6) is 1.95. The van der Waals surface area contributed by atoms with Gasteiger partial charge in [0.25, 0.3) is 5.91 Å². The quantitative estimate of drug-likeness (QED) is 0.338. The van der Waals surface area contributed by atoms with Gasteiger partial charge in [0, 0.05) is 10.6 Å². The lowest BCUT2D eigenvalue weighted by molar-refractivity contribution is -0.143. The largest absolute Gasteiger partial charge is 0.480 e. The van der Waals surface area contributed by atoms with E-state index in [1.165, 1.54) is 12.0 Å². The second kappa shape index (κ2) is 8.20. The first kappa shape index (κ1) is 18.3. The van der Waals surface area contributed by atoms with Gasteiger partial charge in [0.05, 0.1) is 12.0 Å². The van der Waals surface area contributed by atoms with Crippen molar-refractivity contribution in [3.05, 3.63) is 33.7 Å². The van der Waals surface area contributed by atoms with Crippen molar-refractivity contribution in [3.8, 4) is 18.1 Å². The highest BCUT2D eigenvalue weighted by Crippen LogP contribution is 2.35. The molecule has 1 aliphatic heterocycles. The zero-order chi connectivity index (χ0) is 17.7. The number of hydrogen-bond acceptors (Lipinski definition) is 6. The van der Waals surface area contributed by atoms with Crippen molar-refractivity contribution in [3.63, 3.8) is 0 Å². The molecule has 1 heterocycles. The molecule has 0 unspecified atom stereocenters. The molecule has 0 atom stereocenters. The van der Waals surface area contributed by atoms with Gasteiger partial charge < -0.3 is 9.47 Å². The topological polar surface area (TPSA) is 55.8 Å². The zero-order valence-corrected chi connectivity index (χ0v) is 15.0. The number of nitrogens with zero attached hydrogens (tertiary/aromatic N) is 1. The summed E-state index contributed by atoms with van der Waals surface area (Å²) in [5.41, 5.74) is 0.594. The van der Waals surface area contributed by atoms with Crippen LogP contribution in [0.1, 0.15) is 5.56 Å². The second-order valence-corrected chi connectivity index (χ2v) is 6.63. The molecule has 1 amide bonds. The maximum atomic E-state index is 12.4. The molecule has 8 heteroatoms. The molecule has 24 heavy (non-hydrogen) atoms. The summed E-state index contributed by atoms with van der Waals surface area (Å²) in [4.78, 5) is 25.3. The van der Waals surface area contributed by atoms with Crippen LogP contribution < -0.4 is 4.74 Å². The lowest BCUT2D eigenvalue weighted by Gasteiger charge is -2.12. The molecular weight excluding hydrogens is 370 g/mol. The first-order valence-electron chi connectivity index (χ1n) is 6.64. The fraction of sp³-hybridized carbons (Fsp3) is 0.188. The van der Waals surface area contributed by atoms with E-state index in [1.807, 2.05) is 0 Å². The fourth-order valence-electron chi connectivity index (χ4n) is 1.85. The Hall–Kier alpha value is -2.01. The van der Waals surface area contributed by atoms with Crippen LogP contribution in [0.2, 0.25) is 5.02 Å². The number of halogens is 1. The molecule has 1 aromatic carbocycles. The predicted octanol–water partition coefficient (Wildman–Crippen LogP) is 2.73. The first-order chi connectivity index (χ1) is 11.5. The molecular formula is C16H12ClNO4S2. The van der Waals surface area contributed by atoms with Crippen molar-refractivity contribution < 1.29 is 19.1 Å². The van der Waals surface area contributed by atoms with Crippen molar-refractivity contribution in [1.82, 2.24) is 4.90 Å². The normalized spacial score (nSPS) is 15.5. The van der Waals surface area contributed by atoms with Gasteiger partial charge in [0.15, 0.2) is 0 Å². The molecule has 1 aliphatic rings. The minimum Gasteiger partial charge on any atom is -0.480 e. The summed E-state index contributed by atoms with van der Waals surface area (Å²) in [7, 11) is 1.25. The number of methoxy groups -OCH3 is 1. The van der Waals surface area contributed by atoms with Crippen LogP contribution >= 0.6 is 35.6 Å². The Morgan fingerprint density at radius 3 is 2.96 bits per heavy atom. The molecule has 5 nitrogen and oxygen atoms in total. The van der Waals surface area contributed by atoms with Crippen molar-refractivity contribution in [2.45, 2.75) is 0 Å². The molecule has 0 N–H and O–H groups in total. The smallest absolute Gasteiger partial charge is 0.325 e. The number of rotatable bonds is 5. The lowest BCUT2D eigenvalue weighted by Crippen LogP contribution is -2.33. The third-order valence-electron chi connectivity index (χ3n) is 2.96. The maximum Gasteiger partial charge on any atom is 0.325 e. The van der Waals surface area contributed by atoms with Gasteiger partial charge in [-0.25, -0.2) is 0 Å². The minimum atomic E-state index is -0.548. The zero-order valence-electron chi connectivity index (χ0n) is 12.6. The number of ether oxygens (including phenoxy) is 2. The van der Waals surface area contributed by atoms with Crippen molar-refractivity contribution in [1.29, 1.82) is 0 Å². The summed E-state index contributed by atoms with van der Waals surface area (Å²) in [6, 6.07) is 4.98. The molecule has 0 saturated carbocycles. The molecule has 1 fully saturated rings. The van der Waals surface area contributed by atoms with Gasteiger partial charge in [-0.1, -0.05) is 41.5 Å². The van der Waals surface area contributed by atoms with Gasteiger partial charge in [-0.2, -0.15) is 0 Å². The van der Waals surface area contributed by atoms with E-state index in [-0.39, 0.29) is 23.4 Å². The van der Waals surface area contributed by atoms with Gasteiger partial charge in [0.2, 0.25) is 0 Å². The fourth-order valence-corrected chi connectivity index (χ4v) is 3.28. The highest BCUT2D eigenvalue weighted by molar-refractivity contribution is 8.26. The Balaban J connectivity index is 2.30. The van der Waals surface area contributed by atoms with Crippen LogP contribution in [0.5, 0.6) is 5.75 Å². The molecule has 0 spiro atoms. The van der Waals surface area contributed by atoms with Crippen LogP contribution in [0, 0.1) is 12.3 Å². The third-order valence-corrected chi connectivity index (χ3v) is 4.57. The van der Waals surface area contributed by atoms with Crippen LogP contribution in [-0.2, 0) is 14.3 Å². The Labute approximate surface area is 153 Å². The molecule has 2 rings (SSSR count). The lowest BCUT2D eigenvalue weighted by atomic mass is 10.2. The Morgan fingerprint density at radius 1 is 1.54 bits per heavy atom. The molecule has 124 valence electrons. The van der Waals surface area contributed by atoms with E-state index in [2.05, 4.69) is 10.7 Å².